The molecule has 1 amide bonds. The Labute approximate surface area is 175 Å². The second kappa shape index (κ2) is 8.98. The average molecular weight is 405 g/mol. The van der Waals surface area contributed by atoms with Crippen LogP contribution in [-0.4, -0.2) is 38.8 Å². The molecule has 0 aliphatic carbocycles. The molecule has 0 spiro atoms. The highest BCUT2D eigenvalue weighted by atomic mass is 19.1. The average Bonchev–Trinajstić information content (AvgIpc) is 2.76. The number of pyridine rings is 1. The number of nitrogens with one attached hydrogen (secondary N) is 1. The van der Waals surface area contributed by atoms with E-state index in [9.17, 15) is 9.18 Å². The molecule has 30 heavy (non-hydrogen) atoms. The van der Waals surface area contributed by atoms with Gasteiger partial charge in [0.25, 0.3) is 0 Å². The smallest absolute Gasteiger partial charge is 0.227 e. The summed E-state index contributed by atoms with van der Waals surface area (Å²) in [5.74, 6) is 0.629. The van der Waals surface area contributed by atoms with Crippen molar-refractivity contribution in [2.45, 2.75) is 32.1 Å². The minimum Gasteiger partial charge on any atom is -0.342 e. The Morgan fingerprint density at radius 1 is 1.23 bits per heavy atom. The minimum atomic E-state index is -0.291. The molecule has 6 nitrogen and oxygen atoms in total. The first-order chi connectivity index (χ1) is 14.6. The fourth-order valence-corrected chi connectivity index (χ4v) is 3.82. The zero-order valence-electron chi connectivity index (χ0n) is 16.9. The summed E-state index contributed by atoms with van der Waals surface area (Å²) < 4.78 is 13.1. The number of carbonyl (C=O) groups excluding carboxylic acids is 1. The van der Waals surface area contributed by atoms with E-state index in [1.54, 1.807) is 30.7 Å². The monoisotopic (exact) mass is 405 g/mol. The molecule has 1 aliphatic rings. The van der Waals surface area contributed by atoms with E-state index in [0.717, 1.165) is 42.0 Å². The topological polar surface area (TPSA) is 71.0 Å². The first-order valence-electron chi connectivity index (χ1n) is 10.1. The van der Waals surface area contributed by atoms with Crippen LogP contribution in [0.1, 0.15) is 35.7 Å². The summed E-state index contributed by atoms with van der Waals surface area (Å²) >= 11 is 0. The SMILES string of the molecule is Cc1cc(Nc2cnccn2)cc([C@@H]2CCCN(C(=O)Cc3ccc(F)cc3)C2)n1. The lowest BCUT2D eigenvalue weighted by Crippen LogP contribution is -2.40. The van der Waals surface area contributed by atoms with Crippen molar-refractivity contribution in [3.63, 3.8) is 0 Å². The molecule has 0 bridgehead atoms. The highest BCUT2D eigenvalue weighted by Gasteiger charge is 2.26. The number of rotatable bonds is 5. The Balaban J connectivity index is 1.46. The summed E-state index contributed by atoms with van der Waals surface area (Å²) in [5, 5.41) is 3.27. The van der Waals surface area contributed by atoms with Crippen molar-refractivity contribution in [3.05, 3.63) is 77.8 Å². The zero-order chi connectivity index (χ0) is 20.9. The van der Waals surface area contributed by atoms with Gasteiger partial charge in [-0.3, -0.25) is 14.8 Å². The summed E-state index contributed by atoms with van der Waals surface area (Å²) in [6.07, 6.45) is 7.15. The van der Waals surface area contributed by atoms with Crippen molar-refractivity contribution in [1.82, 2.24) is 19.9 Å². The van der Waals surface area contributed by atoms with Crippen LogP contribution < -0.4 is 5.32 Å². The highest BCUT2D eigenvalue weighted by molar-refractivity contribution is 5.79. The molecule has 1 N–H and O–H groups in total. The second-order valence-electron chi connectivity index (χ2n) is 7.62. The largest absolute Gasteiger partial charge is 0.342 e. The van der Waals surface area contributed by atoms with Crippen LogP contribution in [0.2, 0.25) is 0 Å². The van der Waals surface area contributed by atoms with Gasteiger partial charge in [0, 0.05) is 48.5 Å². The van der Waals surface area contributed by atoms with E-state index >= 15 is 0 Å². The van der Waals surface area contributed by atoms with Gasteiger partial charge >= 0.3 is 0 Å². The molecular formula is C23H24FN5O. The summed E-state index contributed by atoms with van der Waals surface area (Å²) in [6.45, 7) is 3.35. The molecule has 3 aromatic rings. The number of amides is 1. The highest BCUT2D eigenvalue weighted by Crippen LogP contribution is 2.29. The third kappa shape index (κ3) is 4.97. The Morgan fingerprint density at radius 3 is 2.83 bits per heavy atom. The number of halogens is 1. The van der Waals surface area contributed by atoms with Crippen LogP contribution in [0, 0.1) is 12.7 Å². The van der Waals surface area contributed by atoms with Gasteiger partial charge in [0.1, 0.15) is 11.6 Å². The van der Waals surface area contributed by atoms with E-state index in [2.05, 4.69) is 15.3 Å². The molecule has 1 fully saturated rings. The lowest BCUT2D eigenvalue weighted by Gasteiger charge is -2.33. The number of aromatic nitrogens is 3. The molecule has 154 valence electrons. The zero-order valence-corrected chi connectivity index (χ0v) is 16.9. The third-order valence-electron chi connectivity index (χ3n) is 5.27. The quantitative estimate of drug-likeness (QED) is 0.694. The molecular weight excluding hydrogens is 381 g/mol. The second-order valence-corrected chi connectivity index (χ2v) is 7.62. The van der Waals surface area contributed by atoms with Crippen LogP contribution in [0.3, 0.4) is 0 Å². The first-order valence-corrected chi connectivity index (χ1v) is 10.1. The molecule has 2 aromatic heterocycles. The Kier molecular flexibility index (Phi) is 5.97. The number of carbonyl (C=O) groups is 1. The molecule has 0 saturated carbocycles. The number of hydrogen-bond donors (Lipinski definition) is 1. The Hall–Kier alpha value is -3.35. The fraction of sp³-hybridized carbons (Fsp3) is 0.304. The molecule has 1 saturated heterocycles. The van der Waals surface area contributed by atoms with Gasteiger partial charge in [0.05, 0.1) is 12.6 Å². The van der Waals surface area contributed by atoms with Crippen LogP contribution in [0.25, 0.3) is 0 Å². The van der Waals surface area contributed by atoms with E-state index in [1.807, 2.05) is 24.0 Å². The maximum atomic E-state index is 13.1. The van der Waals surface area contributed by atoms with Crippen molar-refractivity contribution in [1.29, 1.82) is 0 Å². The summed E-state index contributed by atoms with van der Waals surface area (Å²) in [7, 11) is 0. The van der Waals surface area contributed by atoms with Gasteiger partial charge in [0.15, 0.2) is 0 Å². The van der Waals surface area contributed by atoms with Crippen molar-refractivity contribution < 1.29 is 9.18 Å². The molecule has 0 unspecified atom stereocenters. The molecule has 4 rings (SSSR count). The van der Waals surface area contributed by atoms with Gasteiger partial charge in [-0.1, -0.05) is 12.1 Å². The van der Waals surface area contributed by atoms with Gasteiger partial charge in [-0.25, -0.2) is 9.37 Å². The van der Waals surface area contributed by atoms with E-state index in [0.29, 0.717) is 12.4 Å². The van der Waals surface area contributed by atoms with Crippen LogP contribution >= 0.6 is 0 Å². The predicted molar refractivity (Wildman–Crippen MR) is 113 cm³/mol. The minimum absolute atomic E-state index is 0.0665. The maximum Gasteiger partial charge on any atom is 0.227 e. The van der Waals surface area contributed by atoms with Crippen LogP contribution in [0.4, 0.5) is 15.9 Å². The number of benzene rings is 1. The van der Waals surface area contributed by atoms with Gasteiger partial charge < -0.3 is 10.2 Å². The summed E-state index contributed by atoms with van der Waals surface area (Å²) in [4.78, 5) is 27.8. The molecule has 1 aliphatic heterocycles. The van der Waals surface area contributed by atoms with Gasteiger partial charge in [0.2, 0.25) is 5.91 Å². The lowest BCUT2D eigenvalue weighted by atomic mass is 9.93. The number of nitrogens with zero attached hydrogens (tertiary/aromatic N) is 4. The Morgan fingerprint density at radius 2 is 2.07 bits per heavy atom. The third-order valence-corrected chi connectivity index (χ3v) is 5.27. The molecule has 7 heteroatoms. The van der Waals surface area contributed by atoms with Crippen LogP contribution in [0.5, 0.6) is 0 Å². The van der Waals surface area contributed by atoms with Gasteiger partial charge in [-0.15, -0.1) is 0 Å². The van der Waals surface area contributed by atoms with Gasteiger partial charge in [-0.05, 0) is 49.6 Å². The standard InChI is InChI=1S/C23H24FN5O/c1-16-11-20(28-22-14-25-8-9-26-22)13-21(27-16)18-3-2-10-29(15-18)23(30)12-17-4-6-19(24)7-5-17/h4-9,11,13-14,18H,2-3,10,12,15H2,1H3,(H,26,27,28)/t18-/m1/s1. The van der Waals surface area contributed by atoms with Crippen LogP contribution in [-0.2, 0) is 11.2 Å². The molecule has 1 atom stereocenters. The number of anilines is 2. The number of likely N-dealkylation sites (tertiary alicyclic amines) is 1. The number of hydrogen-bond acceptors (Lipinski definition) is 5. The molecule has 1 aromatic carbocycles. The lowest BCUT2D eigenvalue weighted by molar-refractivity contribution is -0.131. The fourth-order valence-electron chi connectivity index (χ4n) is 3.82. The van der Waals surface area contributed by atoms with E-state index in [4.69, 9.17) is 4.98 Å². The van der Waals surface area contributed by atoms with Gasteiger partial charge in [-0.2, -0.15) is 0 Å². The molecule has 3 heterocycles. The van der Waals surface area contributed by atoms with E-state index < -0.39 is 0 Å². The van der Waals surface area contributed by atoms with Crippen molar-refractivity contribution in [2.24, 2.45) is 0 Å². The van der Waals surface area contributed by atoms with Crippen molar-refractivity contribution >= 4 is 17.4 Å². The van der Waals surface area contributed by atoms with Crippen LogP contribution in [0.15, 0.2) is 55.0 Å². The molecule has 0 radical (unpaired) electrons. The summed E-state index contributed by atoms with van der Waals surface area (Å²) in [5.41, 5.74) is 3.62. The Bertz CT molecular complexity index is 1010. The number of aryl methyl sites for hydroxylation is 1. The first kappa shape index (κ1) is 19.9. The van der Waals surface area contributed by atoms with E-state index in [1.165, 1.54) is 12.1 Å². The normalized spacial score (nSPS) is 16.3. The van der Waals surface area contributed by atoms with Crippen molar-refractivity contribution in [3.8, 4) is 0 Å². The van der Waals surface area contributed by atoms with E-state index in [-0.39, 0.29) is 24.1 Å². The number of piperidine rings is 1. The maximum absolute atomic E-state index is 13.1. The summed E-state index contributed by atoms with van der Waals surface area (Å²) in [6, 6.07) is 10.1. The predicted octanol–water partition coefficient (Wildman–Crippen LogP) is 4.01. The van der Waals surface area contributed by atoms with Crippen molar-refractivity contribution in [2.75, 3.05) is 18.4 Å².